The molecule has 0 saturated heterocycles. The zero-order valence-corrected chi connectivity index (χ0v) is 5.97. The van der Waals surface area contributed by atoms with Gasteiger partial charge in [0.05, 0.1) is 6.67 Å². The molecule has 0 aliphatic heterocycles. The highest BCUT2D eigenvalue weighted by molar-refractivity contribution is 5.16. The van der Waals surface area contributed by atoms with Crippen LogP contribution in [0.4, 0.5) is 4.39 Å². The fraction of sp³-hybridized carbons (Fsp3) is 0.333. The largest absolute Gasteiger partial charge is 0.250 e. The maximum Gasteiger partial charge on any atom is 0.0960 e. The highest BCUT2D eigenvalue weighted by atomic mass is 19.1. The standard InChI is InChI=1S/C9H10F/c1-8(7-10)9-5-3-2-4-6-9/h2-5,8H,7H2,1H3. The SMILES string of the molecule is CC(CF)c1[c]cccc1. The van der Waals surface area contributed by atoms with E-state index in [0.29, 0.717) is 0 Å². The van der Waals surface area contributed by atoms with E-state index in [1.54, 1.807) is 0 Å². The lowest BCUT2D eigenvalue weighted by Gasteiger charge is -2.03. The van der Waals surface area contributed by atoms with Gasteiger partial charge in [-0.15, -0.1) is 0 Å². The zero-order chi connectivity index (χ0) is 7.40. The smallest absolute Gasteiger partial charge is 0.0960 e. The molecule has 1 aromatic rings. The van der Waals surface area contributed by atoms with Gasteiger partial charge in [0, 0.05) is 5.92 Å². The second-order valence-corrected chi connectivity index (χ2v) is 2.37. The highest BCUT2D eigenvalue weighted by Gasteiger charge is 2.01. The molecule has 0 heterocycles. The summed E-state index contributed by atoms with van der Waals surface area (Å²) in [5.74, 6) is -0.0128. The van der Waals surface area contributed by atoms with Crippen LogP contribution in [0.25, 0.3) is 0 Å². The molecule has 1 heteroatoms. The van der Waals surface area contributed by atoms with E-state index in [0.717, 1.165) is 5.56 Å². The van der Waals surface area contributed by atoms with Gasteiger partial charge in [-0.2, -0.15) is 0 Å². The Bertz CT molecular complexity index is 181. The summed E-state index contributed by atoms with van der Waals surface area (Å²) in [4.78, 5) is 0. The third-order valence-electron chi connectivity index (χ3n) is 1.50. The quantitative estimate of drug-likeness (QED) is 0.587. The fourth-order valence-electron chi connectivity index (χ4n) is 0.797. The lowest BCUT2D eigenvalue weighted by atomic mass is 10.0. The van der Waals surface area contributed by atoms with Crippen LogP contribution in [0.3, 0.4) is 0 Å². The van der Waals surface area contributed by atoms with Crippen LogP contribution < -0.4 is 0 Å². The van der Waals surface area contributed by atoms with Gasteiger partial charge in [0.15, 0.2) is 0 Å². The number of hydrogen-bond donors (Lipinski definition) is 0. The third kappa shape index (κ3) is 1.56. The van der Waals surface area contributed by atoms with Gasteiger partial charge in [-0.1, -0.05) is 31.2 Å². The van der Waals surface area contributed by atoms with Gasteiger partial charge in [-0.25, -0.2) is 0 Å². The zero-order valence-electron chi connectivity index (χ0n) is 5.97. The van der Waals surface area contributed by atoms with Crippen molar-refractivity contribution >= 4 is 0 Å². The summed E-state index contributed by atoms with van der Waals surface area (Å²) in [7, 11) is 0. The van der Waals surface area contributed by atoms with Gasteiger partial charge in [-0.3, -0.25) is 4.39 Å². The lowest BCUT2D eigenvalue weighted by Crippen LogP contribution is -1.93. The number of alkyl halides is 1. The van der Waals surface area contributed by atoms with Crippen molar-refractivity contribution in [1.82, 2.24) is 0 Å². The molecule has 1 atom stereocenters. The van der Waals surface area contributed by atoms with Crippen molar-refractivity contribution in [2.24, 2.45) is 0 Å². The summed E-state index contributed by atoms with van der Waals surface area (Å²) >= 11 is 0. The molecule has 0 aromatic heterocycles. The van der Waals surface area contributed by atoms with Crippen LogP contribution in [0, 0.1) is 6.07 Å². The van der Waals surface area contributed by atoms with E-state index in [-0.39, 0.29) is 12.6 Å². The normalized spacial score (nSPS) is 13.0. The summed E-state index contributed by atoms with van der Waals surface area (Å²) < 4.78 is 12.1. The molecule has 0 fully saturated rings. The molecule has 0 N–H and O–H groups in total. The Balaban J connectivity index is 2.75. The predicted molar refractivity (Wildman–Crippen MR) is 39.7 cm³/mol. The van der Waals surface area contributed by atoms with Gasteiger partial charge in [0.2, 0.25) is 0 Å². The maximum atomic E-state index is 12.1. The van der Waals surface area contributed by atoms with E-state index in [2.05, 4.69) is 6.07 Å². The van der Waals surface area contributed by atoms with E-state index < -0.39 is 0 Å². The predicted octanol–water partition coefficient (Wildman–Crippen LogP) is 2.56. The first-order chi connectivity index (χ1) is 4.84. The van der Waals surface area contributed by atoms with Crippen molar-refractivity contribution < 1.29 is 4.39 Å². The molecule has 0 bridgehead atoms. The van der Waals surface area contributed by atoms with E-state index in [1.165, 1.54) is 0 Å². The molecule has 10 heavy (non-hydrogen) atoms. The van der Waals surface area contributed by atoms with Crippen LogP contribution in [0.15, 0.2) is 24.3 Å². The summed E-state index contributed by atoms with van der Waals surface area (Å²) in [6.07, 6.45) is 0. The molecule has 0 nitrogen and oxygen atoms in total. The summed E-state index contributed by atoms with van der Waals surface area (Å²) in [6.45, 7) is 1.55. The van der Waals surface area contributed by atoms with Gasteiger partial charge < -0.3 is 0 Å². The van der Waals surface area contributed by atoms with E-state index >= 15 is 0 Å². The summed E-state index contributed by atoms with van der Waals surface area (Å²) in [6, 6.07) is 10.5. The van der Waals surface area contributed by atoms with Gasteiger partial charge >= 0.3 is 0 Å². The molecular formula is C9H10F. The van der Waals surface area contributed by atoms with E-state index in [4.69, 9.17) is 0 Å². The average molecular weight is 137 g/mol. The number of rotatable bonds is 2. The molecule has 0 aliphatic rings. The van der Waals surface area contributed by atoms with Gasteiger partial charge in [0.25, 0.3) is 0 Å². The van der Waals surface area contributed by atoms with Crippen molar-refractivity contribution in [2.45, 2.75) is 12.8 Å². The fourth-order valence-corrected chi connectivity index (χ4v) is 0.797. The first-order valence-corrected chi connectivity index (χ1v) is 3.37. The molecular weight excluding hydrogens is 127 g/mol. The van der Waals surface area contributed by atoms with Gasteiger partial charge in [-0.05, 0) is 11.6 Å². The van der Waals surface area contributed by atoms with Crippen molar-refractivity contribution in [3.63, 3.8) is 0 Å². The molecule has 0 aliphatic carbocycles. The summed E-state index contributed by atoms with van der Waals surface area (Å²) in [5, 5.41) is 0. The first-order valence-electron chi connectivity index (χ1n) is 3.37. The van der Waals surface area contributed by atoms with E-state index in [9.17, 15) is 4.39 Å². The third-order valence-corrected chi connectivity index (χ3v) is 1.50. The minimum Gasteiger partial charge on any atom is -0.250 e. The monoisotopic (exact) mass is 137 g/mol. The van der Waals surface area contributed by atoms with Crippen molar-refractivity contribution in [1.29, 1.82) is 0 Å². The molecule has 1 unspecified atom stereocenters. The molecule has 1 radical (unpaired) electrons. The Morgan fingerprint density at radius 1 is 1.60 bits per heavy atom. The Morgan fingerprint density at radius 3 is 2.90 bits per heavy atom. The Hall–Kier alpha value is -0.850. The van der Waals surface area contributed by atoms with Crippen molar-refractivity contribution in [3.05, 3.63) is 35.9 Å². The second-order valence-electron chi connectivity index (χ2n) is 2.37. The van der Waals surface area contributed by atoms with Gasteiger partial charge in [0.1, 0.15) is 0 Å². The Morgan fingerprint density at radius 2 is 2.40 bits per heavy atom. The molecule has 0 spiro atoms. The second kappa shape index (κ2) is 3.35. The molecule has 0 amide bonds. The van der Waals surface area contributed by atoms with Crippen LogP contribution in [0.1, 0.15) is 18.4 Å². The maximum absolute atomic E-state index is 12.1. The van der Waals surface area contributed by atoms with Crippen LogP contribution in [-0.2, 0) is 0 Å². The van der Waals surface area contributed by atoms with Crippen LogP contribution in [0.2, 0.25) is 0 Å². The molecule has 1 rings (SSSR count). The lowest BCUT2D eigenvalue weighted by molar-refractivity contribution is 0.447. The minimum atomic E-state index is -0.305. The first kappa shape index (κ1) is 7.26. The van der Waals surface area contributed by atoms with E-state index in [1.807, 2.05) is 31.2 Å². The van der Waals surface area contributed by atoms with Crippen molar-refractivity contribution in [3.8, 4) is 0 Å². The number of benzene rings is 1. The number of hydrogen-bond acceptors (Lipinski definition) is 0. The Labute approximate surface area is 60.7 Å². The highest BCUT2D eigenvalue weighted by Crippen LogP contribution is 2.13. The van der Waals surface area contributed by atoms with Crippen molar-refractivity contribution in [2.75, 3.05) is 6.67 Å². The molecule has 53 valence electrons. The number of halogens is 1. The Kier molecular flexibility index (Phi) is 2.43. The minimum absolute atomic E-state index is 0.0128. The average Bonchev–Trinajstić information content (AvgIpc) is 2.05. The summed E-state index contributed by atoms with van der Waals surface area (Å²) in [5.41, 5.74) is 0.949. The van der Waals surface area contributed by atoms with Crippen LogP contribution >= 0.6 is 0 Å². The molecule has 1 aromatic carbocycles. The van der Waals surface area contributed by atoms with Crippen LogP contribution in [0.5, 0.6) is 0 Å². The van der Waals surface area contributed by atoms with Crippen LogP contribution in [-0.4, -0.2) is 6.67 Å². The molecule has 0 saturated carbocycles. The topological polar surface area (TPSA) is 0 Å².